The molecule has 0 bridgehead atoms. The van der Waals surface area contributed by atoms with Crippen LogP contribution in [-0.4, -0.2) is 23.5 Å². The van der Waals surface area contributed by atoms with E-state index in [-0.39, 0.29) is 6.54 Å². The smallest absolute Gasteiger partial charge is 0.313 e. The Labute approximate surface area is 143 Å². The van der Waals surface area contributed by atoms with E-state index in [1.54, 1.807) is 38.1 Å². The maximum atomic E-state index is 11.9. The summed E-state index contributed by atoms with van der Waals surface area (Å²) in [5, 5.41) is 17.6. The molecule has 0 spiro atoms. The fraction of sp³-hybridized carbons (Fsp3) is 0.250. The van der Waals surface area contributed by atoms with Gasteiger partial charge in [0.2, 0.25) is 0 Å². The Kier molecular flexibility index (Phi) is 5.41. The number of nitrogens with one attached hydrogen (secondary N) is 2. The fourth-order valence-corrected chi connectivity index (χ4v) is 2.89. The van der Waals surface area contributed by atoms with Gasteiger partial charge >= 0.3 is 11.8 Å². The number of rotatable bonds is 4. The molecule has 0 aliphatic heterocycles. The second kappa shape index (κ2) is 7.12. The van der Waals surface area contributed by atoms with Crippen LogP contribution >= 0.6 is 22.9 Å². The Bertz CT molecular complexity index is 714. The van der Waals surface area contributed by atoms with Crippen LogP contribution < -0.4 is 10.6 Å². The zero-order valence-electron chi connectivity index (χ0n) is 12.7. The minimum Gasteiger partial charge on any atom is -0.383 e. The molecule has 0 saturated heterocycles. The highest BCUT2D eigenvalue weighted by molar-refractivity contribution is 7.10. The fourth-order valence-electron chi connectivity index (χ4n) is 1.93. The zero-order chi connectivity index (χ0) is 17.0. The summed E-state index contributed by atoms with van der Waals surface area (Å²) in [5.74, 6) is -1.63. The maximum absolute atomic E-state index is 11.9. The van der Waals surface area contributed by atoms with Gasteiger partial charge in [0.1, 0.15) is 5.60 Å². The number of aliphatic hydroxyl groups is 1. The molecule has 3 N–H and O–H groups in total. The Morgan fingerprint density at radius 2 is 2.00 bits per heavy atom. The van der Waals surface area contributed by atoms with E-state index in [1.807, 2.05) is 11.4 Å². The maximum Gasteiger partial charge on any atom is 0.313 e. The Hall–Kier alpha value is -1.89. The molecule has 0 aliphatic rings. The summed E-state index contributed by atoms with van der Waals surface area (Å²) < 4.78 is 0. The minimum atomic E-state index is -1.23. The second-order valence-corrected chi connectivity index (χ2v) is 6.66. The van der Waals surface area contributed by atoms with Crippen LogP contribution in [0, 0.1) is 6.92 Å². The molecule has 2 rings (SSSR count). The van der Waals surface area contributed by atoms with Crippen molar-refractivity contribution in [3.63, 3.8) is 0 Å². The van der Waals surface area contributed by atoms with Gasteiger partial charge < -0.3 is 15.7 Å². The molecule has 0 aliphatic carbocycles. The van der Waals surface area contributed by atoms with Crippen LogP contribution in [0.5, 0.6) is 0 Å². The highest BCUT2D eigenvalue weighted by Gasteiger charge is 2.26. The molecule has 2 amide bonds. The molecular formula is C16H17ClN2O3S. The molecule has 122 valence electrons. The van der Waals surface area contributed by atoms with Crippen molar-refractivity contribution in [3.05, 3.63) is 51.2 Å². The summed E-state index contributed by atoms with van der Waals surface area (Å²) in [6.45, 7) is 3.27. The van der Waals surface area contributed by atoms with Crippen molar-refractivity contribution in [1.82, 2.24) is 5.32 Å². The van der Waals surface area contributed by atoms with Crippen LogP contribution in [0.1, 0.15) is 17.4 Å². The number of benzene rings is 1. The van der Waals surface area contributed by atoms with Gasteiger partial charge in [0, 0.05) is 15.6 Å². The van der Waals surface area contributed by atoms with Crippen molar-refractivity contribution >= 4 is 40.4 Å². The van der Waals surface area contributed by atoms with Gasteiger partial charge in [-0.3, -0.25) is 9.59 Å². The van der Waals surface area contributed by atoms with Gasteiger partial charge in [-0.15, -0.1) is 11.3 Å². The van der Waals surface area contributed by atoms with E-state index >= 15 is 0 Å². The van der Waals surface area contributed by atoms with Gasteiger partial charge in [-0.25, -0.2) is 0 Å². The summed E-state index contributed by atoms with van der Waals surface area (Å²) in [7, 11) is 0. The van der Waals surface area contributed by atoms with E-state index in [0.29, 0.717) is 21.2 Å². The highest BCUT2D eigenvalue weighted by Crippen LogP contribution is 2.24. The van der Waals surface area contributed by atoms with Gasteiger partial charge in [-0.2, -0.15) is 0 Å². The quantitative estimate of drug-likeness (QED) is 0.740. The van der Waals surface area contributed by atoms with E-state index in [9.17, 15) is 14.7 Å². The topological polar surface area (TPSA) is 78.4 Å². The molecule has 1 heterocycles. The predicted molar refractivity (Wildman–Crippen MR) is 91.7 cm³/mol. The summed E-state index contributed by atoms with van der Waals surface area (Å²) in [6, 6.07) is 8.63. The number of halogens is 1. The normalized spacial score (nSPS) is 13.2. The molecule has 23 heavy (non-hydrogen) atoms. The molecule has 1 atom stereocenters. The third-order valence-electron chi connectivity index (χ3n) is 3.37. The van der Waals surface area contributed by atoms with E-state index < -0.39 is 17.4 Å². The van der Waals surface area contributed by atoms with Crippen molar-refractivity contribution in [2.75, 3.05) is 11.9 Å². The largest absolute Gasteiger partial charge is 0.383 e. The van der Waals surface area contributed by atoms with Crippen molar-refractivity contribution in [2.24, 2.45) is 0 Å². The lowest BCUT2D eigenvalue weighted by Gasteiger charge is -2.22. The molecular weight excluding hydrogens is 336 g/mol. The number of thiophene rings is 1. The SMILES string of the molecule is Cc1c(Cl)cccc1NC(=O)C(=O)NC[C@@](C)(O)c1cccs1. The molecule has 7 heteroatoms. The molecule has 5 nitrogen and oxygen atoms in total. The summed E-state index contributed by atoms with van der Waals surface area (Å²) in [6.07, 6.45) is 0. The van der Waals surface area contributed by atoms with Gasteiger partial charge in [0.25, 0.3) is 0 Å². The Balaban J connectivity index is 1.95. The Morgan fingerprint density at radius 3 is 2.65 bits per heavy atom. The lowest BCUT2D eigenvalue weighted by atomic mass is 10.1. The lowest BCUT2D eigenvalue weighted by Crippen LogP contribution is -2.43. The molecule has 0 unspecified atom stereocenters. The van der Waals surface area contributed by atoms with E-state index in [2.05, 4.69) is 10.6 Å². The van der Waals surface area contributed by atoms with Crippen LogP contribution in [-0.2, 0) is 15.2 Å². The third kappa shape index (κ3) is 4.31. The summed E-state index contributed by atoms with van der Waals surface area (Å²) in [5.41, 5.74) is -0.0700. The molecule has 0 fully saturated rings. The summed E-state index contributed by atoms with van der Waals surface area (Å²) in [4.78, 5) is 24.5. The number of hydrogen-bond acceptors (Lipinski definition) is 4. The predicted octanol–water partition coefficient (Wildman–Crippen LogP) is 2.67. The Morgan fingerprint density at radius 1 is 1.26 bits per heavy atom. The van der Waals surface area contributed by atoms with Crippen LogP contribution in [0.3, 0.4) is 0 Å². The average molecular weight is 353 g/mol. The van der Waals surface area contributed by atoms with Crippen LogP contribution in [0.25, 0.3) is 0 Å². The van der Waals surface area contributed by atoms with Gasteiger partial charge in [-0.05, 0) is 43.0 Å². The monoisotopic (exact) mass is 352 g/mol. The molecule has 2 aromatic rings. The van der Waals surface area contributed by atoms with E-state index in [0.717, 1.165) is 0 Å². The average Bonchev–Trinajstić information content (AvgIpc) is 3.04. The number of hydrogen-bond donors (Lipinski definition) is 3. The third-order valence-corrected chi connectivity index (χ3v) is 4.90. The number of anilines is 1. The van der Waals surface area contributed by atoms with Crippen molar-refractivity contribution in [2.45, 2.75) is 19.4 Å². The van der Waals surface area contributed by atoms with Gasteiger partial charge in [-0.1, -0.05) is 23.7 Å². The van der Waals surface area contributed by atoms with Crippen LogP contribution in [0.4, 0.5) is 5.69 Å². The first-order valence-corrected chi connectivity index (χ1v) is 8.17. The molecule has 0 radical (unpaired) electrons. The number of carbonyl (C=O) groups is 2. The second-order valence-electron chi connectivity index (χ2n) is 5.30. The number of amides is 2. The van der Waals surface area contributed by atoms with E-state index in [1.165, 1.54) is 11.3 Å². The molecule has 1 aromatic carbocycles. The minimum absolute atomic E-state index is 0.0612. The standard InChI is InChI=1S/C16H17ClN2O3S/c1-10-11(17)5-3-6-12(10)19-15(21)14(20)18-9-16(2,22)13-7-4-8-23-13/h3-8,22H,9H2,1-2H3,(H,18,20)(H,19,21)/t16-/m1/s1. The van der Waals surface area contributed by atoms with Crippen molar-refractivity contribution in [3.8, 4) is 0 Å². The van der Waals surface area contributed by atoms with Crippen LogP contribution in [0.2, 0.25) is 5.02 Å². The van der Waals surface area contributed by atoms with Crippen LogP contribution in [0.15, 0.2) is 35.7 Å². The number of carbonyl (C=O) groups excluding carboxylic acids is 2. The first-order valence-electron chi connectivity index (χ1n) is 6.92. The highest BCUT2D eigenvalue weighted by atomic mass is 35.5. The molecule has 1 aromatic heterocycles. The molecule has 0 saturated carbocycles. The van der Waals surface area contributed by atoms with Gasteiger partial charge in [0.15, 0.2) is 0 Å². The lowest BCUT2D eigenvalue weighted by molar-refractivity contribution is -0.136. The first-order chi connectivity index (χ1) is 10.8. The van der Waals surface area contributed by atoms with Crippen molar-refractivity contribution < 1.29 is 14.7 Å². The first kappa shape index (κ1) is 17.5. The zero-order valence-corrected chi connectivity index (χ0v) is 14.3. The summed E-state index contributed by atoms with van der Waals surface area (Å²) >= 11 is 7.35. The van der Waals surface area contributed by atoms with Crippen molar-refractivity contribution in [1.29, 1.82) is 0 Å². The van der Waals surface area contributed by atoms with E-state index in [4.69, 9.17) is 11.6 Å². The van der Waals surface area contributed by atoms with Gasteiger partial charge in [0.05, 0.1) is 6.54 Å².